The molecule has 0 atom stereocenters. The van der Waals surface area contributed by atoms with Gasteiger partial charge in [-0.15, -0.1) is 0 Å². The highest BCUT2D eigenvalue weighted by Crippen LogP contribution is 2.35. The highest BCUT2D eigenvalue weighted by molar-refractivity contribution is 5.82. The van der Waals surface area contributed by atoms with Crippen LogP contribution in [0, 0.1) is 0 Å². The molecule has 2 heterocycles. The second kappa shape index (κ2) is 4.57. The van der Waals surface area contributed by atoms with Gasteiger partial charge in [0.15, 0.2) is 0 Å². The summed E-state index contributed by atoms with van der Waals surface area (Å²) in [5.74, 6) is 0.325. The normalized spacial score (nSPS) is 16.1. The minimum Gasteiger partial charge on any atom is -0.387 e. The van der Waals surface area contributed by atoms with E-state index in [1.165, 1.54) is 25.7 Å². The number of nitrogens with two attached hydrogens (primary N) is 1. The summed E-state index contributed by atoms with van der Waals surface area (Å²) in [7, 11) is 1.89. The van der Waals surface area contributed by atoms with E-state index in [-0.39, 0.29) is 0 Å². The Bertz CT molecular complexity index is 622. The standard InChI is InChI=1S/C14H19N5/c1-9(16-2)12-7-10-8-17-14(15)18-13(10)19(12)11-5-3-4-6-11/h7-8,11,16H,1,3-6H2,2H3,(H2,15,17,18). The van der Waals surface area contributed by atoms with E-state index in [0.717, 1.165) is 22.4 Å². The van der Waals surface area contributed by atoms with Gasteiger partial charge in [0.05, 0.1) is 11.4 Å². The summed E-state index contributed by atoms with van der Waals surface area (Å²) in [5.41, 5.74) is 8.65. The quantitative estimate of drug-likeness (QED) is 0.885. The highest BCUT2D eigenvalue weighted by Gasteiger charge is 2.23. The van der Waals surface area contributed by atoms with Gasteiger partial charge in [-0.1, -0.05) is 19.4 Å². The van der Waals surface area contributed by atoms with E-state index in [0.29, 0.717) is 12.0 Å². The van der Waals surface area contributed by atoms with Crippen molar-refractivity contribution in [3.05, 3.63) is 24.5 Å². The summed E-state index contributed by atoms with van der Waals surface area (Å²) in [5, 5.41) is 4.15. The molecule has 1 saturated carbocycles. The van der Waals surface area contributed by atoms with Gasteiger partial charge in [0.1, 0.15) is 5.65 Å². The van der Waals surface area contributed by atoms with Gasteiger partial charge < -0.3 is 15.6 Å². The molecule has 0 amide bonds. The number of nitrogen functional groups attached to an aromatic ring is 1. The van der Waals surface area contributed by atoms with E-state index in [2.05, 4.69) is 32.5 Å². The van der Waals surface area contributed by atoms with Crippen molar-refractivity contribution in [1.29, 1.82) is 0 Å². The van der Waals surface area contributed by atoms with E-state index < -0.39 is 0 Å². The smallest absolute Gasteiger partial charge is 0.221 e. The monoisotopic (exact) mass is 257 g/mol. The summed E-state index contributed by atoms with van der Waals surface area (Å²) in [6.45, 7) is 4.08. The number of rotatable bonds is 3. The van der Waals surface area contributed by atoms with Gasteiger partial charge in [-0.2, -0.15) is 4.98 Å². The maximum Gasteiger partial charge on any atom is 0.221 e. The van der Waals surface area contributed by atoms with Gasteiger partial charge in [-0.3, -0.25) is 0 Å². The minimum atomic E-state index is 0.325. The van der Waals surface area contributed by atoms with E-state index in [9.17, 15) is 0 Å². The zero-order valence-electron chi connectivity index (χ0n) is 11.2. The van der Waals surface area contributed by atoms with E-state index in [1.54, 1.807) is 6.20 Å². The van der Waals surface area contributed by atoms with Crippen molar-refractivity contribution in [1.82, 2.24) is 19.9 Å². The summed E-state index contributed by atoms with van der Waals surface area (Å²) in [6.07, 6.45) is 6.72. The molecule has 19 heavy (non-hydrogen) atoms. The lowest BCUT2D eigenvalue weighted by molar-refractivity contribution is 0.527. The first-order valence-corrected chi connectivity index (χ1v) is 6.71. The van der Waals surface area contributed by atoms with Crippen LogP contribution in [0.4, 0.5) is 5.95 Å². The molecule has 100 valence electrons. The van der Waals surface area contributed by atoms with Crippen LogP contribution < -0.4 is 11.1 Å². The van der Waals surface area contributed by atoms with Crippen LogP contribution in [0.2, 0.25) is 0 Å². The zero-order valence-corrected chi connectivity index (χ0v) is 11.2. The van der Waals surface area contributed by atoms with Crippen molar-refractivity contribution < 1.29 is 0 Å². The van der Waals surface area contributed by atoms with Crippen molar-refractivity contribution in [2.24, 2.45) is 0 Å². The molecule has 2 aromatic heterocycles. The molecule has 3 rings (SSSR count). The fraction of sp³-hybridized carbons (Fsp3) is 0.429. The molecule has 5 nitrogen and oxygen atoms in total. The summed E-state index contributed by atoms with van der Waals surface area (Å²) < 4.78 is 2.28. The maximum atomic E-state index is 5.74. The lowest BCUT2D eigenvalue weighted by Gasteiger charge is -2.18. The Labute approximate surface area is 112 Å². The number of anilines is 1. The Hall–Kier alpha value is -2.04. The van der Waals surface area contributed by atoms with Crippen LogP contribution in [0.5, 0.6) is 0 Å². The van der Waals surface area contributed by atoms with Crippen LogP contribution in [-0.4, -0.2) is 21.6 Å². The number of fused-ring (bicyclic) bond motifs is 1. The van der Waals surface area contributed by atoms with Crippen LogP contribution in [0.15, 0.2) is 18.8 Å². The maximum absolute atomic E-state index is 5.74. The molecule has 0 saturated heterocycles. The molecule has 1 aliphatic rings. The molecule has 2 aromatic rings. The second-order valence-electron chi connectivity index (χ2n) is 5.07. The summed E-state index contributed by atoms with van der Waals surface area (Å²) in [4.78, 5) is 8.50. The number of aromatic nitrogens is 3. The Kier molecular flexibility index (Phi) is 2.89. The summed E-state index contributed by atoms with van der Waals surface area (Å²) >= 11 is 0. The predicted octanol–water partition coefficient (Wildman–Crippen LogP) is 2.32. The van der Waals surface area contributed by atoms with Crippen molar-refractivity contribution in [2.75, 3.05) is 12.8 Å². The third-order valence-corrected chi connectivity index (χ3v) is 3.90. The average Bonchev–Trinajstić information content (AvgIpc) is 3.03. The Morgan fingerprint density at radius 1 is 1.47 bits per heavy atom. The first kappa shape index (κ1) is 12.0. The highest BCUT2D eigenvalue weighted by atomic mass is 15.1. The van der Waals surface area contributed by atoms with Gasteiger partial charge in [0, 0.05) is 24.7 Å². The molecule has 5 heteroatoms. The predicted molar refractivity (Wildman–Crippen MR) is 77.5 cm³/mol. The Morgan fingerprint density at radius 2 is 2.21 bits per heavy atom. The van der Waals surface area contributed by atoms with E-state index >= 15 is 0 Å². The topological polar surface area (TPSA) is 68.8 Å². The van der Waals surface area contributed by atoms with Crippen molar-refractivity contribution in [3.8, 4) is 0 Å². The molecular formula is C14H19N5. The average molecular weight is 257 g/mol. The van der Waals surface area contributed by atoms with Gasteiger partial charge in [0.2, 0.25) is 5.95 Å². The van der Waals surface area contributed by atoms with Gasteiger partial charge in [0.25, 0.3) is 0 Å². The SMILES string of the molecule is C=C(NC)c1cc2cnc(N)nc2n1C1CCCC1. The van der Waals surface area contributed by atoms with Crippen LogP contribution in [-0.2, 0) is 0 Å². The molecule has 1 fully saturated rings. The third-order valence-electron chi connectivity index (χ3n) is 3.90. The van der Waals surface area contributed by atoms with Gasteiger partial charge in [-0.05, 0) is 18.9 Å². The molecule has 0 aliphatic heterocycles. The lowest BCUT2D eigenvalue weighted by Crippen LogP contribution is -2.13. The number of nitrogens with zero attached hydrogens (tertiary/aromatic N) is 3. The van der Waals surface area contributed by atoms with Crippen molar-refractivity contribution >= 4 is 22.7 Å². The molecule has 0 aromatic carbocycles. The van der Waals surface area contributed by atoms with Crippen LogP contribution >= 0.6 is 0 Å². The minimum absolute atomic E-state index is 0.325. The fourth-order valence-electron chi connectivity index (χ4n) is 2.91. The molecule has 0 radical (unpaired) electrons. The molecular weight excluding hydrogens is 238 g/mol. The van der Waals surface area contributed by atoms with Crippen molar-refractivity contribution in [2.45, 2.75) is 31.7 Å². The zero-order chi connectivity index (χ0) is 13.4. The van der Waals surface area contributed by atoms with E-state index in [1.807, 2.05) is 7.05 Å². The number of nitrogens with one attached hydrogen (secondary N) is 1. The molecule has 0 bridgehead atoms. The fourth-order valence-corrected chi connectivity index (χ4v) is 2.91. The van der Waals surface area contributed by atoms with E-state index in [4.69, 9.17) is 5.73 Å². The Balaban J connectivity index is 2.22. The Morgan fingerprint density at radius 3 is 2.89 bits per heavy atom. The lowest BCUT2D eigenvalue weighted by atomic mass is 10.2. The van der Waals surface area contributed by atoms with Gasteiger partial charge in [-0.25, -0.2) is 4.98 Å². The van der Waals surface area contributed by atoms with Gasteiger partial charge >= 0.3 is 0 Å². The molecule has 0 unspecified atom stereocenters. The number of hydrogen-bond acceptors (Lipinski definition) is 4. The second-order valence-corrected chi connectivity index (χ2v) is 5.07. The number of hydrogen-bond donors (Lipinski definition) is 2. The molecule has 3 N–H and O–H groups in total. The molecule has 1 aliphatic carbocycles. The first-order valence-electron chi connectivity index (χ1n) is 6.71. The van der Waals surface area contributed by atoms with Crippen LogP contribution in [0.1, 0.15) is 37.4 Å². The largest absolute Gasteiger partial charge is 0.387 e. The molecule has 0 spiro atoms. The van der Waals surface area contributed by atoms with Crippen LogP contribution in [0.3, 0.4) is 0 Å². The summed E-state index contributed by atoms with van der Waals surface area (Å²) in [6, 6.07) is 2.58. The first-order chi connectivity index (χ1) is 9.20. The van der Waals surface area contributed by atoms with Crippen molar-refractivity contribution in [3.63, 3.8) is 0 Å². The van der Waals surface area contributed by atoms with Crippen LogP contribution in [0.25, 0.3) is 16.7 Å². The third kappa shape index (κ3) is 1.95.